The number of pyridine rings is 1. The van der Waals surface area contributed by atoms with E-state index in [0.717, 1.165) is 10.5 Å². The van der Waals surface area contributed by atoms with Gasteiger partial charge in [-0.25, -0.2) is 4.98 Å². The van der Waals surface area contributed by atoms with Gasteiger partial charge in [0.1, 0.15) is 11.6 Å². The molecule has 4 rings (SSSR count). The smallest absolute Gasteiger partial charge is 0.259 e. The van der Waals surface area contributed by atoms with Crippen LogP contribution in [-0.2, 0) is 11.3 Å². The number of fused-ring (bicyclic) bond motifs is 2. The second-order valence-corrected chi connectivity index (χ2v) is 7.69. The van der Waals surface area contributed by atoms with Crippen molar-refractivity contribution in [2.24, 2.45) is 0 Å². The number of carbonyl (C=O) groups excluding carboxylic acids is 2. The van der Waals surface area contributed by atoms with Gasteiger partial charge in [-0.3, -0.25) is 14.5 Å². The summed E-state index contributed by atoms with van der Waals surface area (Å²) in [6.45, 7) is 0.250. The number of nitrogens with one attached hydrogen (secondary N) is 1. The van der Waals surface area contributed by atoms with E-state index in [1.165, 1.54) is 16.7 Å². The number of amides is 2. The van der Waals surface area contributed by atoms with E-state index in [1.807, 2.05) is 36.4 Å². The van der Waals surface area contributed by atoms with Crippen LogP contribution >= 0.6 is 23.4 Å². The zero-order valence-electron chi connectivity index (χ0n) is 14.8. The molecule has 0 saturated carbocycles. The molecule has 0 unspecified atom stereocenters. The van der Waals surface area contributed by atoms with Gasteiger partial charge in [-0.05, 0) is 42.0 Å². The first-order chi connectivity index (χ1) is 13.6. The van der Waals surface area contributed by atoms with Crippen LogP contribution in [0, 0.1) is 0 Å². The van der Waals surface area contributed by atoms with E-state index in [4.69, 9.17) is 11.6 Å². The molecule has 1 aliphatic heterocycles. The fraction of sp³-hybridized carbons (Fsp3) is 0.0952. The van der Waals surface area contributed by atoms with Crippen molar-refractivity contribution in [1.82, 2.24) is 10.3 Å². The molecule has 2 amide bonds. The summed E-state index contributed by atoms with van der Waals surface area (Å²) in [5.74, 6) is -0.472. The second kappa shape index (κ2) is 8.04. The SMILES string of the molecule is O=C(CN1C(=O)c2ccccc2Sc2ncccc21)NCc1cccc(Cl)c1. The average molecular weight is 410 g/mol. The van der Waals surface area contributed by atoms with Gasteiger partial charge in [-0.15, -0.1) is 0 Å². The lowest BCUT2D eigenvalue weighted by Crippen LogP contribution is -2.40. The number of rotatable bonds is 4. The van der Waals surface area contributed by atoms with Crippen molar-refractivity contribution in [3.63, 3.8) is 0 Å². The largest absolute Gasteiger partial charge is 0.350 e. The summed E-state index contributed by atoms with van der Waals surface area (Å²) in [7, 11) is 0. The van der Waals surface area contributed by atoms with Crippen LogP contribution in [0.15, 0.2) is 76.8 Å². The lowest BCUT2D eigenvalue weighted by Gasteiger charge is -2.22. The van der Waals surface area contributed by atoms with Gasteiger partial charge < -0.3 is 5.32 Å². The molecule has 3 aromatic rings. The number of anilines is 1. The predicted octanol–water partition coefficient (Wildman–Crippen LogP) is 4.16. The monoisotopic (exact) mass is 409 g/mol. The van der Waals surface area contributed by atoms with Gasteiger partial charge in [-0.1, -0.05) is 47.6 Å². The van der Waals surface area contributed by atoms with Crippen LogP contribution in [0.2, 0.25) is 5.02 Å². The van der Waals surface area contributed by atoms with Crippen molar-refractivity contribution >= 4 is 40.9 Å². The van der Waals surface area contributed by atoms with E-state index >= 15 is 0 Å². The Balaban J connectivity index is 1.57. The molecule has 1 aliphatic rings. The van der Waals surface area contributed by atoms with E-state index in [2.05, 4.69) is 10.3 Å². The Labute approximate surface area is 171 Å². The van der Waals surface area contributed by atoms with Gasteiger partial charge in [-0.2, -0.15) is 0 Å². The normalized spacial score (nSPS) is 12.8. The minimum atomic E-state index is -0.257. The Morgan fingerprint density at radius 1 is 1.11 bits per heavy atom. The van der Waals surface area contributed by atoms with E-state index in [-0.39, 0.29) is 18.4 Å². The van der Waals surface area contributed by atoms with E-state index < -0.39 is 0 Å². The molecule has 0 aliphatic carbocycles. The third-order valence-corrected chi connectivity index (χ3v) is 5.61. The van der Waals surface area contributed by atoms with Crippen molar-refractivity contribution in [3.8, 4) is 0 Å². The molecule has 7 heteroatoms. The molecule has 0 saturated heterocycles. The molecule has 5 nitrogen and oxygen atoms in total. The zero-order chi connectivity index (χ0) is 19.5. The molecular formula is C21H16ClN3O2S. The third kappa shape index (κ3) is 3.88. The summed E-state index contributed by atoms with van der Waals surface area (Å²) in [6, 6.07) is 18.2. The molecule has 0 atom stereocenters. The fourth-order valence-electron chi connectivity index (χ4n) is 2.96. The quantitative estimate of drug-likeness (QED) is 0.702. The number of hydrogen-bond donors (Lipinski definition) is 1. The van der Waals surface area contributed by atoms with Crippen molar-refractivity contribution < 1.29 is 9.59 Å². The highest BCUT2D eigenvalue weighted by molar-refractivity contribution is 7.99. The summed E-state index contributed by atoms with van der Waals surface area (Å²) in [6.07, 6.45) is 1.68. The van der Waals surface area contributed by atoms with Gasteiger partial charge in [0.05, 0.1) is 11.3 Å². The topological polar surface area (TPSA) is 62.3 Å². The van der Waals surface area contributed by atoms with Crippen molar-refractivity contribution in [1.29, 1.82) is 0 Å². The minimum absolute atomic E-state index is 0.0903. The van der Waals surface area contributed by atoms with Crippen LogP contribution in [0.5, 0.6) is 0 Å². The number of nitrogens with zero attached hydrogens (tertiary/aromatic N) is 2. The number of hydrogen-bond acceptors (Lipinski definition) is 4. The number of benzene rings is 2. The molecular weight excluding hydrogens is 394 g/mol. The molecule has 28 heavy (non-hydrogen) atoms. The summed E-state index contributed by atoms with van der Waals surface area (Å²) >= 11 is 7.41. The number of halogens is 1. The minimum Gasteiger partial charge on any atom is -0.350 e. The highest BCUT2D eigenvalue weighted by atomic mass is 35.5. The van der Waals surface area contributed by atoms with Gasteiger partial charge in [0.15, 0.2) is 0 Å². The summed E-state index contributed by atoms with van der Waals surface area (Å²) < 4.78 is 0. The Kier molecular flexibility index (Phi) is 5.32. The molecule has 2 aromatic carbocycles. The zero-order valence-corrected chi connectivity index (χ0v) is 16.3. The Hall–Kier alpha value is -2.83. The first kappa shape index (κ1) is 18.5. The number of aromatic nitrogens is 1. The van der Waals surface area contributed by atoms with Crippen LogP contribution in [0.3, 0.4) is 0 Å². The highest BCUT2D eigenvalue weighted by Gasteiger charge is 2.29. The molecule has 1 N–H and O–H groups in total. The standard InChI is InChI=1S/C21H16ClN3O2S/c22-15-6-3-5-14(11-15)12-24-19(26)13-25-17-8-4-10-23-20(17)28-18-9-2-1-7-16(18)21(25)27/h1-11H,12-13H2,(H,24,26). The first-order valence-corrected chi connectivity index (χ1v) is 9.86. The first-order valence-electron chi connectivity index (χ1n) is 8.67. The maximum atomic E-state index is 13.1. The van der Waals surface area contributed by atoms with Gasteiger partial charge in [0, 0.05) is 22.7 Å². The van der Waals surface area contributed by atoms with Crippen molar-refractivity contribution in [2.75, 3.05) is 11.4 Å². The van der Waals surface area contributed by atoms with E-state index in [0.29, 0.717) is 27.8 Å². The van der Waals surface area contributed by atoms with Crippen LogP contribution in [0.1, 0.15) is 15.9 Å². The molecule has 0 fully saturated rings. The van der Waals surface area contributed by atoms with Crippen LogP contribution in [0.4, 0.5) is 5.69 Å². The molecule has 0 bridgehead atoms. The van der Waals surface area contributed by atoms with Crippen LogP contribution < -0.4 is 10.2 Å². The summed E-state index contributed by atoms with van der Waals surface area (Å²) in [5, 5.41) is 4.16. The predicted molar refractivity (Wildman–Crippen MR) is 110 cm³/mol. The molecule has 140 valence electrons. The summed E-state index contributed by atoms with van der Waals surface area (Å²) in [5.41, 5.74) is 2.09. The Morgan fingerprint density at radius 2 is 1.96 bits per heavy atom. The Bertz CT molecular complexity index is 1060. The second-order valence-electron chi connectivity index (χ2n) is 6.22. The van der Waals surface area contributed by atoms with Crippen LogP contribution in [-0.4, -0.2) is 23.3 Å². The van der Waals surface area contributed by atoms with Crippen molar-refractivity contribution in [3.05, 3.63) is 83.0 Å². The lowest BCUT2D eigenvalue weighted by atomic mass is 10.2. The fourth-order valence-corrected chi connectivity index (χ4v) is 4.19. The third-order valence-electron chi connectivity index (χ3n) is 4.29. The maximum Gasteiger partial charge on any atom is 0.259 e. The van der Waals surface area contributed by atoms with Crippen molar-refractivity contribution in [2.45, 2.75) is 16.5 Å². The molecule has 1 aromatic heterocycles. The van der Waals surface area contributed by atoms with E-state index in [1.54, 1.807) is 30.5 Å². The van der Waals surface area contributed by atoms with Gasteiger partial charge in [0.25, 0.3) is 5.91 Å². The summed E-state index contributed by atoms with van der Waals surface area (Å²) in [4.78, 5) is 32.4. The maximum absolute atomic E-state index is 13.1. The lowest BCUT2D eigenvalue weighted by molar-refractivity contribution is -0.119. The highest BCUT2D eigenvalue weighted by Crippen LogP contribution is 2.39. The van der Waals surface area contributed by atoms with Crippen LogP contribution in [0.25, 0.3) is 0 Å². The van der Waals surface area contributed by atoms with Gasteiger partial charge in [0.2, 0.25) is 5.91 Å². The molecule has 2 heterocycles. The number of carbonyl (C=O) groups is 2. The molecule has 0 radical (unpaired) electrons. The molecule has 0 spiro atoms. The van der Waals surface area contributed by atoms with Gasteiger partial charge >= 0.3 is 0 Å². The van der Waals surface area contributed by atoms with E-state index in [9.17, 15) is 9.59 Å². The Morgan fingerprint density at radius 3 is 2.82 bits per heavy atom. The average Bonchev–Trinajstić information content (AvgIpc) is 2.82.